The van der Waals surface area contributed by atoms with Gasteiger partial charge in [-0.2, -0.15) is 4.57 Å². The van der Waals surface area contributed by atoms with Crippen molar-refractivity contribution in [3.05, 3.63) is 46.4 Å². The third-order valence-corrected chi connectivity index (χ3v) is 8.53. The van der Waals surface area contributed by atoms with E-state index in [0.29, 0.717) is 6.61 Å². The third-order valence-electron chi connectivity index (χ3n) is 7.51. The quantitative estimate of drug-likeness (QED) is 0.131. The molecular weight excluding hydrogens is 494 g/mol. The molecule has 1 aromatic carbocycles. The first kappa shape index (κ1) is 31.1. The number of hydrogen-bond acceptors (Lipinski definition) is 5. The number of nitrogens with zero attached hydrogens (tertiary/aromatic N) is 1. The van der Waals surface area contributed by atoms with Crippen molar-refractivity contribution in [2.45, 2.75) is 135 Å². The molecule has 38 heavy (non-hydrogen) atoms. The van der Waals surface area contributed by atoms with Crippen molar-refractivity contribution in [2.24, 2.45) is 7.05 Å². The number of unbranched alkanes of at least 4 members (excludes halogenated alkanes) is 11. The second-order valence-corrected chi connectivity index (χ2v) is 12.2. The Bertz CT molecular complexity index is 897. The summed E-state index contributed by atoms with van der Waals surface area (Å²) in [5, 5.41) is 3.27. The highest BCUT2D eigenvalue weighted by molar-refractivity contribution is 7.09. The van der Waals surface area contributed by atoms with Crippen LogP contribution < -0.4 is 9.30 Å². The van der Waals surface area contributed by atoms with E-state index < -0.39 is 5.79 Å². The van der Waals surface area contributed by atoms with Gasteiger partial charge >= 0.3 is 0 Å². The van der Waals surface area contributed by atoms with Gasteiger partial charge in [-0.05, 0) is 38.0 Å². The van der Waals surface area contributed by atoms with Gasteiger partial charge in [0.25, 0.3) is 5.01 Å². The normalized spacial score (nSPS) is 19.6. The average Bonchev–Trinajstić information content (AvgIpc) is 3.47. The Morgan fingerprint density at radius 3 is 2.05 bits per heavy atom. The van der Waals surface area contributed by atoms with Gasteiger partial charge in [0.2, 0.25) is 0 Å². The highest BCUT2D eigenvalue weighted by Crippen LogP contribution is 2.39. The van der Waals surface area contributed by atoms with E-state index >= 15 is 0 Å². The standard InChI is InChI=1S/C32H52NO4S/c1-6-7-8-9-10-11-12-13-14-15-16-17-18-28-29(37-32(2,3)36-28)30(31-33(4)23-24-38-31)35-25-26-19-21-27(34-5)22-20-26/h19-24,28-30H,6-18,25H2,1-5H3/q+1/t28-,29-,30+/m1/s1. The Kier molecular flexibility index (Phi) is 13.6. The first-order valence-corrected chi connectivity index (χ1v) is 15.8. The second-order valence-electron chi connectivity index (χ2n) is 11.2. The number of thiazole rings is 1. The molecule has 1 fully saturated rings. The van der Waals surface area contributed by atoms with Gasteiger partial charge in [0, 0.05) is 0 Å². The van der Waals surface area contributed by atoms with Crippen LogP contribution in [0.3, 0.4) is 0 Å². The lowest BCUT2D eigenvalue weighted by Gasteiger charge is -2.24. The molecule has 0 aliphatic carbocycles. The fourth-order valence-electron chi connectivity index (χ4n) is 5.36. The maximum atomic E-state index is 6.59. The molecule has 214 valence electrons. The fourth-order valence-corrected chi connectivity index (χ4v) is 6.31. The molecule has 0 spiro atoms. The Balaban J connectivity index is 1.48. The predicted octanol–water partition coefficient (Wildman–Crippen LogP) is 8.45. The van der Waals surface area contributed by atoms with Crippen LogP contribution in [0.5, 0.6) is 5.75 Å². The lowest BCUT2D eigenvalue weighted by atomic mass is 10.0. The molecule has 3 rings (SSSR count). The molecule has 3 atom stereocenters. The van der Waals surface area contributed by atoms with Crippen molar-refractivity contribution < 1.29 is 23.5 Å². The molecule has 0 radical (unpaired) electrons. The van der Waals surface area contributed by atoms with E-state index in [2.05, 4.69) is 42.2 Å². The van der Waals surface area contributed by atoms with Gasteiger partial charge in [-0.1, -0.05) is 107 Å². The zero-order chi connectivity index (χ0) is 27.2. The summed E-state index contributed by atoms with van der Waals surface area (Å²) in [5.41, 5.74) is 1.12. The molecule has 1 aliphatic heterocycles. The van der Waals surface area contributed by atoms with Crippen LogP contribution in [0.1, 0.15) is 121 Å². The van der Waals surface area contributed by atoms with E-state index in [1.807, 2.05) is 26.0 Å². The fraction of sp³-hybridized carbons (Fsp3) is 0.719. The Hall–Kier alpha value is -1.47. The van der Waals surface area contributed by atoms with Crippen molar-refractivity contribution in [3.8, 4) is 5.75 Å². The monoisotopic (exact) mass is 546 g/mol. The van der Waals surface area contributed by atoms with Crippen LogP contribution >= 0.6 is 11.3 Å². The molecule has 0 amide bonds. The minimum absolute atomic E-state index is 0.0242. The van der Waals surface area contributed by atoms with E-state index in [4.69, 9.17) is 18.9 Å². The number of aromatic nitrogens is 1. The Morgan fingerprint density at radius 2 is 1.50 bits per heavy atom. The van der Waals surface area contributed by atoms with Gasteiger partial charge in [0.1, 0.15) is 18.9 Å². The van der Waals surface area contributed by atoms with Crippen LogP contribution in [0.4, 0.5) is 0 Å². The van der Waals surface area contributed by atoms with Crippen LogP contribution in [-0.4, -0.2) is 25.1 Å². The maximum Gasteiger partial charge on any atom is 0.269 e. The molecule has 0 unspecified atom stereocenters. The number of methoxy groups -OCH3 is 1. The number of benzene rings is 1. The summed E-state index contributed by atoms with van der Waals surface area (Å²) in [6, 6.07) is 8.08. The molecule has 2 aromatic rings. The van der Waals surface area contributed by atoms with Crippen molar-refractivity contribution in [2.75, 3.05) is 7.11 Å². The lowest BCUT2D eigenvalue weighted by Crippen LogP contribution is -2.39. The maximum absolute atomic E-state index is 6.59. The van der Waals surface area contributed by atoms with Crippen LogP contribution in [-0.2, 0) is 27.9 Å². The molecule has 1 aromatic heterocycles. The third kappa shape index (κ3) is 10.3. The van der Waals surface area contributed by atoms with E-state index in [-0.39, 0.29) is 18.3 Å². The summed E-state index contributed by atoms with van der Waals surface area (Å²) in [4.78, 5) is 0. The molecule has 2 heterocycles. The minimum atomic E-state index is -0.607. The van der Waals surface area contributed by atoms with Gasteiger partial charge in [0.15, 0.2) is 18.1 Å². The summed E-state index contributed by atoms with van der Waals surface area (Å²) >= 11 is 1.72. The van der Waals surface area contributed by atoms with Gasteiger partial charge in [-0.25, -0.2) is 0 Å². The highest BCUT2D eigenvalue weighted by Gasteiger charge is 2.48. The predicted molar refractivity (Wildman–Crippen MR) is 156 cm³/mol. The molecule has 6 heteroatoms. The van der Waals surface area contributed by atoms with Crippen LogP contribution in [0.15, 0.2) is 35.8 Å². The van der Waals surface area contributed by atoms with Crippen molar-refractivity contribution in [3.63, 3.8) is 0 Å². The first-order chi connectivity index (χ1) is 18.4. The Morgan fingerprint density at radius 1 is 0.895 bits per heavy atom. The largest absolute Gasteiger partial charge is 0.497 e. The van der Waals surface area contributed by atoms with E-state index in [1.54, 1.807) is 18.4 Å². The van der Waals surface area contributed by atoms with Crippen LogP contribution in [0, 0.1) is 0 Å². The summed E-state index contributed by atoms with van der Waals surface area (Å²) in [5.74, 6) is 0.246. The molecule has 0 N–H and O–H groups in total. The van der Waals surface area contributed by atoms with Crippen LogP contribution in [0.25, 0.3) is 0 Å². The first-order valence-electron chi connectivity index (χ1n) is 15.0. The van der Waals surface area contributed by atoms with Gasteiger partial charge in [0.05, 0.1) is 25.2 Å². The molecule has 5 nitrogen and oxygen atoms in total. The average molecular weight is 547 g/mol. The van der Waals surface area contributed by atoms with Gasteiger partial charge in [-0.15, -0.1) is 0 Å². The van der Waals surface area contributed by atoms with Gasteiger partial charge < -0.3 is 18.9 Å². The topological polar surface area (TPSA) is 40.8 Å². The number of rotatable bonds is 19. The van der Waals surface area contributed by atoms with Crippen molar-refractivity contribution in [1.29, 1.82) is 0 Å². The molecule has 0 bridgehead atoms. The molecule has 1 aliphatic rings. The number of hydrogen-bond donors (Lipinski definition) is 0. The second kappa shape index (κ2) is 16.6. The van der Waals surface area contributed by atoms with Crippen LogP contribution in [0.2, 0.25) is 0 Å². The summed E-state index contributed by atoms with van der Waals surface area (Å²) in [6.07, 6.45) is 19.0. The summed E-state index contributed by atoms with van der Waals surface area (Å²) in [6.45, 7) is 6.85. The lowest BCUT2D eigenvalue weighted by molar-refractivity contribution is -0.678. The number of ether oxygens (including phenoxy) is 4. The minimum Gasteiger partial charge on any atom is -0.497 e. The van der Waals surface area contributed by atoms with Crippen molar-refractivity contribution >= 4 is 11.3 Å². The molecular formula is C32H52NO4S+. The smallest absolute Gasteiger partial charge is 0.269 e. The highest BCUT2D eigenvalue weighted by atomic mass is 32.1. The van der Waals surface area contributed by atoms with E-state index in [1.165, 1.54) is 77.0 Å². The molecule has 0 saturated carbocycles. The zero-order valence-corrected chi connectivity index (χ0v) is 25.4. The van der Waals surface area contributed by atoms with Gasteiger partial charge in [-0.3, -0.25) is 0 Å². The zero-order valence-electron chi connectivity index (χ0n) is 24.6. The van der Waals surface area contributed by atoms with E-state index in [0.717, 1.165) is 22.7 Å². The Labute approximate surface area is 235 Å². The van der Waals surface area contributed by atoms with Crippen molar-refractivity contribution in [1.82, 2.24) is 0 Å². The molecule has 1 saturated heterocycles. The number of aryl methyl sites for hydroxylation is 1. The SMILES string of the molecule is CCCCCCCCCCCCCC[C@H]1OC(C)(C)O[C@H]1[C@H](OCc1ccc(OC)cc1)c1scc[n+]1C. The summed E-state index contributed by atoms with van der Waals surface area (Å²) in [7, 11) is 3.77. The summed E-state index contributed by atoms with van der Waals surface area (Å²) < 4.78 is 27.0. The van der Waals surface area contributed by atoms with E-state index in [9.17, 15) is 0 Å².